The van der Waals surface area contributed by atoms with E-state index < -0.39 is 0 Å². The minimum absolute atomic E-state index is 0.181. The maximum Gasteiger partial charge on any atom is 0.123 e. The van der Waals surface area contributed by atoms with Gasteiger partial charge in [0.2, 0.25) is 0 Å². The molecule has 18 heavy (non-hydrogen) atoms. The van der Waals surface area contributed by atoms with E-state index >= 15 is 0 Å². The first kappa shape index (κ1) is 12.8. The number of aryl methyl sites for hydroxylation is 1. The molecule has 1 aromatic carbocycles. The van der Waals surface area contributed by atoms with Crippen molar-refractivity contribution in [2.24, 2.45) is 7.05 Å². The Bertz CT molecular complexity index is 534. The van der Waals surface area contributed by atoms with Crippen LogP contribution in [0.2, 0.25) is 0 Å². The van der Waals surface area contributed by atoms with Crippen molar-refractivity contribution in [1.82, 2.24) is 15.1 Å². The van der Waals surface area contributed by atoms with Crippen molar-refractivity contribution >= 4 is 0 Å². The van der Waals surface area contributed by atoms with E-state index in [1.165, 1.54) is 6.07 Å². The molecular formula is C14H18FN3. The molecule has 0 spiro atoms. The molecule has 1 heterocycles. The van der Waals surface area contributed by atoms with E-state index in [4.69, 9.17) is 0 Å². The van der Waals surface area contributed by atoms with Crippen LogP contribution in [0.3, 0.4) is 0 Å². The van der Waals surface area contributed by atoms with E-state index in [1.807, 2.05) is 19.2 Å². The summed E-state index contributed by atoms with van der Waals surface area (Å²) in [6.45, 7) is 5.02. The highest BCUT2D eigenvalue weighted by Crippen LogP contribution is 2.28. The summed E-state index contributed by atoms with van der Waals surface area (Å²) in [6.07, 6.45) is 1.72. The van der Waals surface area contributed by atoms with Gasteiger partial charge in [0.15, 0.2) is 0 Å². The van der Waals surface area contributed by atoms with Gasteiger partial charge in [-0.2, -0.15) is 5.10 Å². The standard InChI is InChI=1S/C14H18FN3/c1-4-16-10(2)12-6-5-11(15)9-13(12)14-7-8-17-18(14)3/h5-10,16H,4H2,1-3H3. The lowest BCUT2D eigenvalue weighted by atomic mass is 9.98. The lowest BCUT2D eigenvalue weighted by molar-refractivity contribution is 0.592. The zero-order chi connectivity index (χ0) is 13.1. The first-order chi connectivity index (χ1) is 8.63. The molecule has 1 aromatic heterocycles. The first-order valence-corrected chi connectivity index (χ1v) is 6.14. The highest BCUT2D eigenvalue weighted by atomic mass is 19.1. The number of hydrogen-bond donors (Lipinski definition) is 1. The van der Waals surface area contributed by atoms with E-state index in [0.29, 0.717) is 0 Å². The third kappa shape index (κ3) is 2.43. The molecule has 0 saturated carbocycles. The second-order valence-corrected chi connectivity index (χ2v) is 4.35. The van der Waals surface area contributed by atoms with Crippen molar-refractivity contribution in [3.05, 3.63) is 41.8 Å². The van der Waals surface area contributed by atoms with Crippen LogP contribution in [0.5, 0.6) is 0 Å². The van der Waals surface area contributed by atoms with Crippen LogP contribution >= 0.6 is 0 Å². The van der Waals surface area contributed by atoms with Crippen LogP contribution in [0.15, 0.2) is 30.5 Å². The van der Waals surface area contributed by atoms with Crippen LogP contribution in [0.1, 0.15) is 25.5 Å². The van der Waals surface area contributed by atoms with Gasteiger partial charge >= 0.3 is 0 Å². The summed E-state index contributed by atoms with van der Waals surface area (Å²) in [4.78, 5) is 0. The molecule has 2 rings (SSSR count). The van der Waals surface area contributed by atoms with Crippen LogP contribution in [-0.2, 0) is 7.05 Å². The van der Waals surface area contributed by atoms with Gasteiger partial charge in [0.1, 0.15) is 5.82 Å². The zero-order valence-corrected chi connectivity index (χ0v) is 10.9. The third-order valence-corrected chi connectivity index (χ3v) is 3.09. The van der Waals surface area contributed by atoms with Crippen molar-refractivity contribution in [1.29, 1.82) is 0 Å². The highest BCUT2D eigenvalue weighted by molar-refractivity contribution is 5.64. The molecular weight excluding hydrogens is 229 g/mol. The quantitative estimate of drug-likeness (QED) is 0.900. The summed E-state index contributed by atoms with van der Waals surface area (Å²) in [7, 11) is 1.86. The minimum atomic E-state index is -0.223. The van der Waals surface area contributed by atoms with Gasteiger partial charge in [0.05, 0.1) is 5.69 Å². The van der Waals surface area contributed by atoms with Crippen LogP contribution in [-0.4, -0.2) is 16.3 Å². The Hall–Kier alpha value is -1.68. The molecule has 2 aromatic rings. The van der Waals surface area contributed by atoms with E-state index in [1.54, 1.807) is 16.9 Å². The minimum Gasteiger partial charge on any atom is -0.310 e. The maximum absolute atomic E-state index is 13.5. The molecule has 0 fully saturated rings. The second-order valence-electron chi connectivity index (χ2n) is 4.35. The Morgan fingerprint density at radius 3 is 2.78 bits per heavy atom. The number of halogens is 1. The van der Waals surface area contributed by atoms with Gasteiger partial charge in [-0.05, 0) is 37.2 Å². The van der Waals surface area contributed by atoms with Gasteiger partial charge in [0, 0.05) is 24.8 Å². The topological polar surface area (TPSA) is 29.9 Å². The van der Waals surface area contributed by atoms with E-state index in [0.717, 1.165) is 23.4 Å². The van der Waals surface area contributed by atoms with Crippen LogP contribution in [0, 0.1) is 5.82 Å². The monoisotopic (exact) mass is 247 g/mol. The van der Waals surface area contributed by atoms with Crippen LogP contribution < -0.4 is 5.32 Å². The van der Waals surface area contributed by atoms with Crippen molar-refractivity contribution in [3.63, 3.8) is 0 Å². The summed E-state index contributed by atoms with van der Waals surface area (Å²) >= 11 is 0. The predicted octanol–water partition coefficient (Wildman–Crippen LogP) is 2.90. The summed E-state index contributed by atoms with van der Waals surface area (Å²) in [6, 6.07) is 6.99. The summed E-state index contributed by atoms with van der Waals surface area (Å²) < 4.78 is 15.2. The van der Waals surface area contributed by atoms with Crippen molar-refractivity contribution < 1.29 is 4.39 Å². The zero-order valence-electron chi connectivity index (χ0n) is 10.9. The fraction of sp³-hybridized carbons (Fsp3) is 0.357. The molecule has 1 unspecified atom stereocenters. The van der Waals surface area contributed by atoms with Gasteiger partial charge in [-0.3, -0.25) is 4.68 Å². The molecule has 0 aliphatic carbocycles. The van der Waals surface area contributed by atoms with Crippen molar-refractivity contribution in [3.8, 4) is 11.3 Å². The van der Waals surface area contributed by atoms with E-state index in [2.05, 4.69) is 24.3 Å². The molecule has 3 nitrogen and oxygen atoms in total. The van der Waals surface area contributed by atoms with Crippen LogP contribution in [0.25, 0.3) is 11.3 Å². The Morgan fingerprint density at radius 2 is 2.17 bits per heavy atom. The molecule has 0 radical (unpaired) electrons. The van der Waals surface area contributed by atoms with E-state index in [9.17, 15) is 4.39 Å². The molecule has 0 aliphatic heterocycles. The second kappa shape index (κ2) is 5.31. The average molecular weight is 247 g/mol. The number of rotatable bonds is 4. The largest absolute Gasteiger partial charge is 0.310 e. The molecule has 96 valence electrons. The first-order valence-electron chi connectivity index (χ1n) is 6.14. The molecule has 0 amide bonds. The third-order valence-electron chi connectivity index (χ3n) is 3.09. The Labute approximate surface area is 107 Å². The van der Waals surface area contributed by atoms with Crippen molar-refractivity contribution in [2.75, 3.05) is 6.54 Å². The number of nitrogens with one attached hydrogen (secondary N) is 1. The smallest absolute Gasteiger partial charge is 0.123 e. The fourth-order valence-electron chi connectivity index (χ4n) is 2.18. The molecule has 4 heteroatoms. The molecule has 0 bridgehead atoms. The highest BCUT2D eigenvalue weighted by Gasteiger charge is 2.14. The van der Waals surface area contributed by atoms with E-state index in [-0.39, 0.29) is 11.9 Å². The van der Waals surface area contributed by atoms with Crippen molar-refractivity contribution in [2.45, 2.75) is 19.9 Å². The SMILES string of the molecule is CCNC(C)c1ccc(F)cc1-c1ccnn1C. The Balaban J connectivity index is 2.51. The summed E-state index contributed by atoms with van der Waals surface area (Å²) in [5.74, 6) is -0.223. The van der Waals surface area contributed by atoms with Gasteiger partial charge in [-0.25, -0.2) is 4.39 Å². The summed E-state index contributed by atoms with van der Waals surface area (Å²) in [5, 5.41) is 7.49. The molecule has 1 N–H and O–H groups in total. The molecule has 0 aliphatic rings. The molecule has 0 saturated heterocycles. The van der Waals surface area contributed by atoms with Gasteiger partial charge in [-0.1, -0.05) is 13.0 Å². The number of benzene rings is 1. The van der Waals surface area contributed by atoms with Gasteiger partial charge < -0.3 is 5.32 Å². The lowest BCUT2D eigenvalue weighted by Gasteiger charge is -2.17. The number of hydrogen-bond acceptors (Lipinski definition) is 2. The number of nitrogens with zero attached hydrogens (tertiary/aromatic N) is 2. The lowest BCUT2D eigenvalue weighted by Crippen LogP contribution is -2.18. The summed E-state index contributed by atoms with van der Waals surface area (Å²) in [5.41, 5.74) is 2.90. The maximum atomic E-state index is 13.5. The Kier molecular flexibility index (Phi) is 3.77. The predicted molar refractivity (Wildman–Crippen MR) is 70.7 cm³/mol. The number of aromatic nitrogens is 2. The Morgan fingerprint density at radius 1 is 1.39 bits per heavy atom. The molecule has 1 atom stereocenters. The van der Waals surface area contributed by atoms with Gasteiger partial charge in [0.25, 0.3) is 0 Å². The normalized spacial score (nSPS) is 12.7. The van der Waals surface area contributed by atoms with Crippen LogP contribution in [0.4, 0.5) is 4.39 Å². The van der Waals surface area contributed by atoms with Gasteiger partial charge in [-0.15, -0.1) is 0 Å². The fourth-order valence-corrected chi connectivity index (χ4v) is 2.18. The average Bonchev–Trinajstić information content (AvgIpc) is 2.75.